The zero-order valence-electron chi connectivity index (χ0n) is 9.93. The van der Waals surface area contributed by atoms with Gasteiger partial charge >= 0.3 is 0 Å². The number of hydrogen-bond acceptors (Lipinski definition) is 4. The van der Waals surface area contributed by atoms with Crippen LogP contribution in [0, 0.1) is 5.82 Å². The summed E-state index contributed by atoms with van der Waals surface area (Å²) in [7, 11) is 0. The van der Waals surface area contributed by atoms with Gasteiger partial charge in [0.05, 0.1) is 6.61 Å². The normalized spacial score (nSPS) is 14.1. The number of rotatable bonds is 5. The Bertz CT molecular complexity index is 425. The smallest absolute Gasteiger partial charge is 0.216 e. The minimum Gasteiger partial charge on any atom is -0.392 e. The van der Waals surface area contributed by atoms with Gasteiger partial charge in [0.1, 0.15) is 18.0 Å². The molecule has 1 amide bonds. The maximum absolute atomic E-state index is 13.6. The Morgan fingerprint density at radius 3 is 2.61 bits per heavy atom. The first-order valence-corrected chi connectivity index (χ1v) is 5.45. The summed E-state index contributed by atoms with van der Waals surface area (Å²) in [5.74, 6) is -1.06. The van der Waals surface area contributed by atoms with Crippen LogP contribution in [0.25, 0.3) is 0 Å². The standard InChI is InChI=1S/C12H16FNO4/c1-7(16)14-5-11(17)12(18)9-3-2-8(6-15)4-10(9)13/h2-4,11-12,15,17-18H,5-6H2,1H3,(H,14,16). The van der Waals surface area contributed by atoms with E-state index >= 15 is 0 Å². The van der Waals surface area contributed by atoms with Gasteiger partial charge in [-0.3, -0.25) is 4.79 Å². The molecule has 2 atom stereocenters. The Morgan fingerprint density at radius 2 is 2.11 bits per heavy atom. The minimum absolute atomic E-state index is 0.0787. The number of nitrogens with one attached hydrogen (secondary N) is 1. The molecule has 0 aliphatic rings. The van der Waals surface area contributed by atoms with Gasteiger partial charge in [-0.15, -0.1) is 0 Å². The number of halogens is 1. The van der Waals surface area contributed by atoms with E-state index < -0.39 is 18.0 Å². The van der Waals surface area contributed by atoms with Crippen molar-refractivity contribution in [1.82, 2.24) is 5.32 Å². The SMILES string of the molecule is CC(=O)NCC(O)C(O)c1ccc(CO)cc1F. The van der Waals surface area contributed by atoms with Gasteiger partial charge in [-0.1, -0.05) is 12.1 Å². The van der Waals surface area contributed by atoms with Gasteiger partial charge in [0.2, 0.25) is 5.91 Å². The predicted molar refractivity (Wildman–Crippen MR) is 62.0 cm³/mol. The molecule has 2 unspecified atom stereocenters. The monoisotopic (exact) mass is 257 g/mol. The van der Waals surface area contributed by atoms with E-state index in [1.165, 1.54) is 19.1 Å². The maximum Gasteiger partial charge on any atom is 0.216 e. The maximum atomic E-state index is 13.6. The molecule has 0 bridgehead atoms. The van der Waals surface area contributed by atoms with Crippen LogP contribution < -0.4 is 5.32 Å². The van der Waals surface area contributed by atoms with Crippen molar-refractivity contribution in [3.63, 3.8) is 0 Å². The molecule has 6 heteroatoms. The van der Waals surface area contributed by atoms with Crippen molar-refractivity contribution < 1.29 is 24.5 Å². The first kappa shape index (κ1) is 14.6. The van der Waals surface area contributed by atoms with Crippen LogP contribution in [0.15, 0.2) is 18.2 Å². The molecule has 1 aromatic carbocycles. The van der Waals surface area contributed by atoms with Crippen molar-refractivity contribution >= 4 is 5.91 Å². The Labute approximate surface area is 104 Å². The van der Waals surface area contributed by atoms with Crippen LogP contribution in [0.5, 0.6) is 0 Å². The third-order valence-electron chi connectivity index (χ3n) is 2.49. The Morgan fingerprint density at radius 1 is 1.44 bits per heavy atom. The molecule has 0 heterocycles. The van der Waals surface area contributed by atoms with Crippen LogP contribution in [0.4, 0.5) is 4.39 Å². The highest BCUT2D eigenvalue weighted by atomic mass is 19.1. The second kappa shape index (κ2) is 6.44. The molecule has 1 rings (SSSR count). The molecule has 0 saturated heterocycles. The van der Waals surface area contributed by atoms with Crippen LogP contribution in [-0.4, -0.2) is 33.9 Å². The molecule has 18 heavy (non-hydrogen) atoms. The summed E-state index contributed by atoms with van der Waals surface area (Å²) in [5.41, 5.74) is 0.296. The van der Waals surface area contributed by atoms with Gasteiger partial charge in [-0.05, 0) is 11.6 Å². The van der Waals surface area contributed by atoms with E-state index in [2.05, 4.69) is 5.32 Å². The molecule has 5 nitrogen and oxygen atoms in total. The highest BCUT2D eigenvalue weighted by Gasteiger charge is 2.21. The third kappa shape index (κ3) is 3.76. The van der Waals surface area contributed by atoms with Crippen molar-refractivity contribution in [3.05, 3.63) is 35.1 Å². The summed E-state index contributed by atoms with van der Waals surface area (Å²) in [6.07, 6.45) is -2.74. The molecule has 0 radical (unpaired) electrons. The van der Waals surface area contributed by atoms with Crippen molar-refractivity contribution in [2.75, 3.05) is 6.54 Å². The van der Waals surface area contributed by atoms with Gasteiger partial charge in [0.15, 0.2) is 0 Å². The molecular weight excluding hydrogens is 241 g/mol. The van der Waals surface area contributed by atoms with Gasteiger partial charge < -0.3 is 20.6 Å². The first-order chi connectivity index (χ1) is 8.45. The average Bonchev–Trinajstić information content (AvgIpc) is 2.34. The molecule has 0 spiro atoms. The number of carbonyl (C=O) groups excluding carboxylic acids is 1. The summed E-state index contributed by atoms with van der Waals surface area (Å²) in [6, 6.07) is 3.83. The van der Waals surface area contributed by atoms with E-state index in [0.717, 1.165) is 6.07 Å². The van der Waals surface area contributed by atoms with E-state index in [-0.39, 0.29) is 24.6 Å². The van der Waals surface area contributed by atoms with Crippen LogP contribution in [0.3, 0.4) is 0 Å². The van der Waals surface area contributed by atoms with E-state index in [1.54, 1.807) is 0 Å². The fourth-order valence-corrected chi connectivity index (χ4v) is 1.48. The molecule has 1 aromatic rings. The predicted octanol–water partition coefficient (Wildman–Crippen LogP) is -0.152. The summed E-state index contributed by atoms with van der Waals surface area (Å²) < 4.78 is 13.6. The van der Waals surface area contributed by atoms with Gasteiger partial charge in [-0.25, -0.2) is 4.39 Å². The fraction of sp³-hybridized carbons (Fsp3) is 0.417. The lowest BCUT2D eigenvalue weighted by Gasteiger charge is -2.19. The van der Waals surface area contributed by atoms with Crippen molar-refractivity contribution in [2.24, 2.45) is 0 Å². The van der Waals surface area contributed by atoms with Crippen LogP contribution in [0.1, 0.15) is 24.2 Å². The first-order valence-electron chi connectivity index (χ1n) is 5.45. The van der Waals surface area contributed by atoms with E-state index in [1.807, 2.05) is 0 Å². The number of amides is 1. The summed E-state index contributed by atoms with van der Waals surface area (Å²) in [5, 5.41) is 30.5. The number of aliphatic hydroxyl groups excluding tert-OH is 3. The lowest BCUT2D eigenvalue weighted by atomic mass is 10.0. The van der Waals surface area contributed by atoms with Crippen molar-refractivity contribution in [3.8, 4) is 0 Å². The number of hydrogen-bond donors (Lipinski definition) is 4. The fourth-order valence-electron chi connectivity index (χ4n) is 1.48. The van der Waals surface area contributed by atoms with Gasteiger partial charge in [0, 0.05) is 19.0 Å². The highest BCUT2D eigenvalue weighted by molar-refractivity contribution is 5.72. The Hall–Kier alpha value is -1.50. The van der Waals surface area contributed by atoms with Crippen molar-refractivity contribution in [1.29, 1.82) is 0 Å². The second-order valence-corrected chi connectivity index (χ2v) is 3.96. The molecule has 0 aromatic heterocycles. The lowest BCUT2D eigenvalue weighted by Crippen LogP contribution is -2.34. The average molecular weight is 257 g/mol. The summed E-state index contributed by atoms with van der Waals surface area (Å²) in [4.78, 5) is 10.7. The van der Waals surface area contributed by atoms with Gasteiger partial charge in [0.25, 0.3) is 0 Å². The Balaban J connectivity index is 2.76. The van der Waals surface area contributed by atoms with E-state index in [0.29, 0.717) is 5.56 Å². The molecule has 4 N–H and O–H groups in total. The minimum atomic E-state index is -1.44. The molecule has 0 saturated carbocycles. The largest absolute Gasteiger partial charge is 0.392 e. The highest BCUT2D eigenvalue weighted by Crippen LogP contribution is 2.21. The van der Waals surface area contributed by atoms with E-state index in [4.69, 9.17) is 5.11 Å². The number of benzene rings is 1. The van der Waals surface area contributed by atoms with Gasteiger partial charge in [-0.2, -0.15) is 0 Å². The summed E-state index contributed by atoms with van der Waals surface area (Å²) >= 11 is 0. The van der Waals surface area contributed by atoms with Crippen LogP contribution in [-0.2, 0) is 11.4 Å². The zero-order valence-corrected chi connectivity index (χ0v) is 9.93. The molecule has 0 aliphatic carbocycles. The molecule has 0 fully saturated rings. The third-order valence-corrected chi connectivity index (χ3v) is 2.49. The zero-order chi connectivity index (χ0) is 13.7. The quantitative estimate of drug-likeness (QED) is 0.590. The summed E-state index contributed by atoms with van der Waals surface area (Å²) in [6.45, 7) is 0.801. The number of carbonyl (C=O) groups is 1. The van der Waals surface area contributed by atoms with Crippen molar-refractivity contribution in [2.45, 2.75) is 25.7 Å². The Kier molecular flexibility index (Phi) is 5.21. The molecule has 100 valence electrons. The topological polar surface area (TPSA) is 89.8 Å². The van der Waals surface area contributed by atoms with E-state index in [9.17, 15) is 19.4 Å². The molecular formula is C12H16FNO4. The van der Waals surface area contributed by atoms with Crippen LogP contribution >= 0.6 is 0 Å². The van der Waals surface area contributed by atoms with Crippen LogP contribution in [0.2, 0.25) is 0 Å². The second-order valence-electron chi connectivity index (χ2n) is 3.96. The number of aliphatic hydroxyl groups is 3. The molecule has 0 aliphatic heterocycles. The lowest BCUT2D eigenvalue weighted by molar-refractivity contribution is -0.119.